The molecule has 13 heteroatoms. The van der Waals surface area contributed by atoms with Gasteiger partial charge in [0.15, 0.2) is 6.10 Å². The van der Waals surface area contributed by atoms with Crippen LogP contribution in [0.5, 0.6) is 0 Å². The van der Waals surface area contributed by atoms with E-state index in [2.05, 4.69) is 38.2 Å². The Morgan fingerprint density at radius 1 is 0.379 bits per heavy atom. The fourth-order valence-electron chi connectivity index (χ4n) is 6.89. The SMILES string of the molecule is CCCCCCCC/C=C\CCCCCCCC(=O)OC[C@H](COC(=O)CCC(=O)OCCOCCOCCOC(=O)CN(C)C)OC(=O)CCCCCCC/C=C\CCCCCCCC. The number of likely N-dealkylation sites (N-methyl/N-ethyl adjacent to an activating group) is 1. The Balaban J connectivity index is 4.48. The van der Waals surface area contributed by atoms with E-state index in [9.17, 15) is 24.0 Å². The predicted octanol–water partition coefficient (Wildman–Crippen LogP) is 11.5. The zero-order valence-electron chi connectivity index (χ0n) is 42.3. The number of nitrogens with zero attached hydrogens (tertiary/aromatic N) is 1. The minimum atomic E-state index is -0.950. The number of rotatable bonds is 49. The van der Waals surface area contributed by atoms with Crippen molar-refractivity contribution in [2.45, 2.75) is 213 Å². The van der Waals surface area contributed by atoms with Crippen LogP contribution in [-0.2, 0) is 57.1 Å². The first-order valence-corrected chi connectivity index (χ1v) is 26.1. The second-order valence-corrected chi connectivity index (χ2v) is 17.5. The van der Waals surface area contributed by atoms with Gasteiger partial charge in [-0.05, 0) is 78.3 Å². The summed E-state index contributed by atoms with van der Waals surface area (Å²) >= 11 is 0. The quantitative estimate of drug-likeness (QED) is 0.0246. The Labute approximate surface area is 401 Å². The molecule has 0 saturated carbocycles. The average Bonchev–Trinajstić information content (AvgIpc) is 3.29. The molecular weight excluding hydrogens is 843 g/mol. The van der Waals surface area contributed by atoms with E-state index in [4.69, 9.17) is 33.2 Å². The number of unbranched alkanes of at least 4 members (excludes halogenated alkanes) is 22. The summed E-state index contributed by atoms with van der Waals surface area (Å²) in [5.74, 6) is -2.38. The van der Waals surface area contributed by atoms with Gasteiger partial charge < -0.3 is 33.2 Å². The standard InChI is InChI=1S/C53H95NO12/c1-5-7-9-11-13-15-17-19-21-23-25-27-29-31-33-35-49(55)64-46-48(66-52(58)36-34-32-30-28-26-24-22-20-18-16-14-12-10-8-6-2)47-65-51(57)38-37-50(56)62-43-41-60-39-40-61-42-44-63-53(59)45-54(3)4/h19-22,48H,5-18,23-47H2,1-4H3/b21-19-,22-20-/t48-/m1/s1. The second kappa shape index (κ2) is 49.6. The molecule has 0 amide bonds. The zero-order chi connectivity index (χ0) is 48.4. The van der Waals surface area contributed by atoms with E-state index in [0.717, 1.165) is 77.0 Å². The van der Waals surface area contributed by atoms with Crippen molar-refractivity contribution in [1.29, 1.82) is 0 Å². The van der Waals surface area contributed by atoms with Crippen molar-refractivity contribution in [2.24, 2.45) is 0 Å². The molecule has 0 fully saturated rings. The van der Waals surface area contributed by atoms with Crippen LogP contribution in [0.25, 0.3) is 0 Å². The second-order valence-electron chi connectivity index (χ2n) is 17.5. The van der Waals surface area contributed by atoms with E-state index < -0.39 is 24.0 Å². The maximum absolute atomic E-state index is 12.8. The molecule has 0 aromatic heterocycles. The molecule has 13 nitrogen and oxygen atoms in total. The molecule has 0 saturated heterocycles. The van der Waals surface area contributed by atoms with Crippen molar-refractivity contribution >= 4 is 29.8 Å². The summed E-state index contributed by atoms with van der Waals surface area (Å²) in [6.45, 7) is 5.31. The van der Waals surface area contributed by atoms with Crippen molar-refractivity contribution < 1.29 is 57.1 Å². The molecule has 0 aliphatic heterocycles. The highest BCUT2D eigenvalue weighted by Crippen LogP contribution is 2.13. The monoisotopic (exact) mass is 938 g/mol. The van der Waals surface area contributed by atoms with Gasteiger partial charge in [0.2, 0.25) is 0 Å². The maximum Gasteiger partial charge on any atom is 0.320 e. The summed E-state index contributed by atoms with van der Waals surface area (Å²) in [5.41, 5.74) is 0. The molecule has 384 valence electrons. The lowest BCUT2D eigenvalue weighted by Crippen LogP contribution is -2.31. The van der Waals surface area contributed by atoms with Gasteiger partial charge >= 0.3 is 29.8 Å². The van der Waals surface area contributed by atoms with Gasteiger partial charge in [-0.1, -0.05) is 141 Å². The molecule has 0 aromatic carbocycles. The molecule has 0 aliphatic carbocycles. The molecule has 0 bridgehead atoms. The number of ether oxygens (including phenoxy) is 7. The lowest BCUT2D eigenvalue weighted by atomic mass is 10.1. The largest absolute Gasteiger partial charge is 0.463 e. The van der Waals surface area contributed by atoms with Crippen molar-refractivity contribution in [3.8, 4) is 0 Å². The summed E-state index contributed by atoms with van der Waals surface area (Å²) in [6, 6.07) is 0. The van der Waals surface area contributed by atoms with Crippen LogP contribution in [0.1, 0.15) is 206 Å². The van der Waals surface area contributed by atoms with Crippen LogP contribution in [0.3, 0.4) is 0 Å². The van der Waals surface area contributed by atoms with E-state index in [1.807, 2.05) is 0 Å². The third-order valence-electron chi connectivity index (χ3n) is 10.8. The highest BCUT2D eigenvalue weighted by molar-refractivity contribution is 5.77. The van der Waals surface area contributed by atoms with Crippen LogP contribution in [0.4, 0.5) is 0 Å². The van der Waals surface area contributed by atoms with Gasteiger partial charge in [-0.3, -0.25) is 28.9 Å². The Bertz CT molecular complexity index is 1220. The highest BCUT2D eigenvalue weighted by Gasteiger charge is 2.20. The molecule has 0 spiro atoms. The van der Waals surface area contributed by atoms with Gasteiger partial charge in [-0.15, -0.1) is 0 Å². The average molecular weight is 938 g/mol. The topological polar surface area (TPSA) is 153 Å². The predicted molar refractivity (Wildman–Crippen MR) is 262 cm³/mol. The van der Waals surface area contributed by atoms with Gasteiger partial charge in [0.05, 0.1) is 45.8 Å². The molecule has 0 aliphatic rings. The summed E-state index contributed by atoms with van der Waals surface area (Å²) < 4.78 is 37.3. The zero-order valence-corrected chi connectivity index (χ0v) is 42.3. The first-order chi connectivity index (χ1) is 32.2. The smallest absolute Gasteiger partial charge is 0.320 e. The lowest BCUT2D eigenvalue weighted by Gasteiger charge is -2.18. The summed E-state index contributed by atoms with van der Waals surface area (Å²) in [4.78, 5) is 63.3. The fourth-order valence-corrected chi connectivity index (χ4v) is 6.89. The summed E-state index contributed by atoms with van der Waals surface area (Å²) in [7, 11) is 3.56. The third-order valence-corrected chi connectivity index (χ3v) is 10.8. The Morgan fingerprint density at radius 3 is 1.14 bits per heavy atom. The molecular formula is C53H95NO12. The van der Waals surface area contributed by atoms with Gasteiger partial charge in [-0.25, -0.2) is 0 Å². The first-order valence-electron chi connectivity index (χ1n) is 26.1. The van der Waals surface area contributed by atoms with Crippen LogP contribution in [0, 0.1) is 0 Å². The van der Waals surface area contributed by atoms with Crippen LogP contribution in [0.2, 0.25) is 0 Å². The van der Waals surface area contributed by atoms with Gasteiger partial charge in [0.1, 0.15) is 26.4 Å². The van der Waals surface area contributed by atoms with E-state index >= 15 is 0 Å². The molecule has 0 radical (unpaired) electrons. The van der Waals surface area contributed by atoms with Crippen molar-refractivity contribution in [1.82, 2.24) is 4.90 Å². The molecule has 1 atom stereocenters. The van der Waals surface area contributed by atoms with Gasteiger partial charge in [0, 0.05) is 12.8 Å². The number of carbonyl (C=O) groups excluding carboxylic acids is 5. The molecule has 0 aromatic rings. The van der Waals surface area contributed by atoms with Crippen molar-refractivity contribution in [2.75, 3.05) is 73.5 Å². The minimum absolute atomic E-state index is 0.00706. The third kappa shape index (κ3) is 48.6. The Kier molecular flexibility index (Phi) is 47.1. The number of hydrogen-bond acceptors (Lipinski definition) is 13. The number of carbonyl (C=O) groups is 5. The normalized spacial score (nSPS) is 12.0. The number of hydrogen-bond donors (Lipinski definition) is 0. The fraction of sp³-hybridized carbons (Fsp3) is 0.830. The van der Waals surface area contributed by atoms with Crippen LogP contribution >= 0.6 is 0 Å². The molecule has 66 heavy (non-hydrogen) atoms. The molecule has 0 unspecified atom stereocenters. The lowest BCUT2D eigenvalue weighted by molar-refractivity contribution is -0.167. The van der Waals surface area contributed by atoms with Crippen molar-refractivity contribution in [3.63, 3.8) is 0 Å². The molecule has 0 heterocycles. The number of esters is 5. The Morgan fingerprint density at radius 2 is 0.712 bits per heavy atom. The van der Waals surface area contributed by atoms with E-state index in [0.29, 0.717) is 6.42 Å². The van der Waals surface area contributed by atoms with Crippen LogP contribution < -0.4 is 0 Å². The number of allylic oxidation sites excluding steroid dienone is 4. The van der Waals surface area contributed by atoms with Crippen molar-refractivity contribution in [3.05, 3.63) is 24.3 Å². The van der Waals surface area contributed by atoms with Crippen LogP contribution in [0.15, 0.2) is 24.3 Å². The van der Waals surface area contributed by atoms with E-state index in [1.165, 1.54) is 83.5 Å². The molecule has 0 rings (SSSR count). The summed E-state index contributed by atoms with van der Waals surface area (Å²) in [6.07, 6.45) is 38.6. The Hall–Kier alpha value is -3.29. The molecule has 0 N–H and O–H groups in total. The van der Waals surface area contributed by atoms with Gasteiger partial charge in [-0.2, -0.15) is 0 Å². The summed E-state index contributed by atoms with van der Waals surface area (Å²) in [5, 5.41) is 0. The minimum Gasteiger partial charge on any atom is -0.463 e. The van der Waals surface area contributed by atoms with E-state index in [1.54, 1.807) is 19.0 Å². The van der Waals surface area contributed by atoms with Crippen LogP contribution in [-0.4, -0.2) is 114 Å². The van der Waals surface area contributed by atoms with Gasteiger partial charge in [0.25, 0.3) is 0 Å². The van der Waals surface area contributed by atoms with E-state index in [-0.39, 0.29) is 97.0 Å². The first kappa shape index (κ1) is 62.7. The maximum atomic E-state index is 12.8. The highest BCUT2D eigenvalue weighted by atomic mass is 16.6.